The van der Waals surface area contributed by atoms with Gasteiger partial charge >= 0.3 is 6.03 Å². The third-order valence-corrected chi connectivity index (χ3v) is 3.42. The van der Waals surface area contributed by atoms with E-state index in [1.165, 1.54) is 36.4 Å². The monoisotopic (exact) mass is 334 g/mol. The van der Waals surface area contributed by atoms with E-state index in [1.807, 2.05) is 0 Å². The highest BCUT2D eigenvalue weighted by atomic mass is 35.5. The molecule has 7 nitrogen and oxygen atoms in total. The molecule has 0 atom stereocenters. The Hall–Kier alpha value is -3.00. The summed E-state index contributed by atoms with van der Waals surface area (Å²) in [5.41, 5.74) is -0.102. The van der Waals surface area contributed by atoms with Crippen molar-refractivity contribution in [1.29, 1.82) is 0 Å². The first-order valence-corrected chi connectivity index (χ1v) is 6.74. The number of hydrogen-bond acceptors (Lipinski definition) is 4. The summed E-state index contributed by atoms with van der Waals surface area (Å²) in [6.07, 6.45) is 0. The summed E-state index contributed by atoms with van der Waals surface area (Å²) < 4.78 is 14.5. The second-order valence-corrected chi connectivity index (χ2v) is 4.93. The van der Waals surface area contributed by atoms with Crippen LogP contribution in [0.2, 0.25) is 5.15 Å². The Morgan fingerprint density at radius 3 is 2.74 bits per heavy atom. The third kappa shape index (κ3) is 2.71. The van der Waals surface area contributed by atoms with Crippen molar-refractivity contribution in [3.8, 4) is 0 Å². The zero-order valence-corrected chi connectivity index (χ0v) is 12.1. The minimum absolute atomic E-state index is 0.0126. The lowest BCUT2D eigenvalue weighted by molar-refractivity contribution is -0.384. The van der Waals surface area contributed by atoms with Crippen molar-refractivity contribution in [3.63, 3.8) is 0 Å². The van der Waals surface area contributed by atoms with Gasteiger partial charge in [-0.3, -0.25) is 10.1 Å². The van der Waals surface area contributed by atoms with Crippen molar-refractivity contribution in [2.45, 2.75) is 0 Å². The number of amides is 1. The molecule has 1 aromatic heterocycles. The van der Waals surface area contributed by atoms with E-state index in [-0.39, 0.29) is 22.0 Å². The van der Waals surface area contributed by atoms with Crippen LogP contribution in [0.5, 0.6) is 0 Å². The normalized spacial score (nSPS) is 10.7. The summed E-state index contributed by atoms with van der Waals surface area (Å²) in [6, 6.07) is 8.65. The zero-order chi connectivity index (χ0) is 16.6. The zero-order valence-electron chi connectivity index (χ0n) is 11.4. The molecule has 1 amide bonds. The van der Waals surface area contributed by atoms with Crippen LogP contribution < -0.4 is 5.32 Å². The summed E-state index contributed by atoms with van der Waals surface area (Å²) in [6.45, 7) is 0. The number of hydrogen-bond donors (Lipinski definition) is 1. The van der Waals surface area contributed by atoms with Gasteiger partial charge in [0, 0.05) is 17.5 Å². The number of rotatable bonds is 2. The number of benzene rings is 2. The fraction of sp³-hybridized carbons (Fsp3) is 0. The van der Waals surface area contributed by atoms with Gasteiger partial charge in [0.15, 0.2) is 5.15 Å². The Morgan fingerprint density at radius 1 is 1.30 bits per heavy atom. The number of nitrogens with one attached hydrogen (secondary N) is 1. The van der Waals surface area contributed by atoms with Crippen molar-refractivity contribution in [1.82, 2.24) is 9.78 Å². The lowest BCUT2D eigenvalue weighted by Crippen LogP contribution is -2.21. The number of halogens is 2. The summed E-state index contributed by atoms with van der Waals surface area (Å²) in [5.74, 6) is -0.616. The molecule has 116 valence electrons. The average molecular weight is 335 g/mol. The van der Waals surface area contributed by atoms with Gasteiger partial charge in [-0.25, -0.2) is 9.18 Å². The largest absolute Gasteiger partial charge is 0.347 e. The lowest BCUT2D eigenvalue weighted by Gasteiger charge is -2.06. The van der Waals surface area contributed by atoms with Crippen molar-refractivity contribution in [2.24, 2.45) is 0 Å². The minimum atomic E-state index is -0.785. The van der Waals surface area contributed by atoms with Gasteiger partial charge in [-0.15, -0.1) is 0 Å². The first-order chi connectivity index (χ1) is 11.0. The number of aromatic nitrogens is 2. The molecule has 3 rings (SSSR count). The number of para-hydroxylation sites is 1. The van der Waals surface area contributed by atoms with Crippen LogP contribution in [0.3, 0.4) is 0 Å². The number of nitro groups is 1. The number of anilines is 1. The number of fused-ring (bicyclic) bond motifs is 1. The maximum absolute atomic E-state index is 13.6. The van der Waals surface area contributed by atoms with E-state index in [4.69, 9.17) is 11.6 Å². The van der Waals surface area contributed by atoms with Crippen LogP contribution in [0.4, 0.5) is 20.6 Å². The summed E-state index contributed by atoms with van der Waals surface area (Å²) in [4.78, 5) is 22.5. The maximum atomic E-state index is 13.6. The number of carbonyl (C=O) groups is 1. The fourth-order valence-corrected chi connectivity index (χ4v) is 2.30. The first-order valence-electron chi connectivity index (χ1n) is 6.36. The summed E-state index contributed by atoms with van der Waals surface area (Å²) >= 11 is 5.93. The SMILES string of the molecule is O=C(Nc1ccccc1F)n1nc(Cl)c2ccc([N+](=O)[O-])cc21. The summed E-state index contributed by atoms with van der Waals surface area (Å²) in [7, 11) is 0. The van der Waals surface area contributed by atoms with E-state index in [0.29, 0.717) is 5.39 Å². The molecule has 0 unspecified atom stereocenters. The van der Waals surface area contributed by atoms with Gasteiger partial charge in [-0.05, 0) is 18.2 Å². The van der Waals surface area contributed by atoms with Gasteiger partial charge in [0.05, 0.1) is 16.1 Å². The van der Waals surface area contributed by atoms with Gasteiger partial charge in [-0.2, -0.15) is 9.78 Å². The minimum Gasteiger partial charge on any atom is -0.303 e. The Morgan fingerprint density at radius 2 is 2.04 bits per heavy atom. The Balaban J connectivity index is 2.05. The van der Waals surface area contributed by atoms with E-state index in [9.17, 15) is 19.3 Å². The molecule has 23 heavy (non-hydrogen) atoms. The highest BCUT2D eigenvalue weighted by molar-refractivity contribution is 6.34. The van der Waals surface area contributed by atoms with E-state index >= 15 is 0 Å². The van der Waals surface area contributed by atoms with Crippen molar-refractivity contribution >= 4 is 39.9 Å². The van der Waals surface area contributed by atoms with E-state index in [2.05, 4.69) is 10.4 Å². The molecule has 3 aromatic rings. The molecule has 2 aromatic carbocycles. The standard InChI is InChI=1S/C14H8ClFN4O3/c15-13-9-6-5-8(20(22)23)7-12(9)19(18-13)14(21)17-11-4-2-1-3-10(11)16/h1-7H,(H,17,21). The van der Waals surface area contributed by atoms with Crippen LogP contribution in [0, 0.1) is 15.9 Å². The number of nitrogens with zero attached hydrogens (tertiary/aromatic N) is 3. The van der Waals surface area contributed by atoms with Crippen LogP contribution in [0.25, 0.3) is 10.9 Å². The highest BCUT2D eigenvalue weighted by Crippen LogP contribution is 2.27. The molecule has 1 heterocycles. The molecule has 0 bridgehead atoms. The molecular formula is C14H8ClFN4O3. The third-order valence-electron chi connectivity index (χ3n) is 3.14. The van der Waals surface area contributed by atoms with Crippen molar-refractivity contribution in [3.05, 3.63) is 63.5 Å². The van der Waals surface area contributed by atoms with Crippen LogP contribution in [0.1, 0.15) is 0 Å². The molecule has 0 saturated heterocycles. The summed E-state index contributed by atoms with van der Waals surface area (Å²) in [5, 5.41) is 17.4. The van der Waals surface area contributed by atoms with Gasteiger partial charge in [-0.1, -0.05) is 23.7 Å². The van der Waals surface area contributed by atoms with E-state index in [1.54, 1.807) is 6.07 Å². The van der Waals surface area contributed by atoms with Crippen LogP contribution in [0.15, 0.2) is 42.5 Å². The number of nitro benzene ring substituents is 1. The van der Waals surface area contributed by atoms with Gasteiger partial charge in [0.2, 0.25) is 0 Å². The molecule has 9 heteroatoms. The topological polar surface area (TPSA) is 90.1 Å². The predicted octanol–water partition coefficient (Wildman–Crippen LogP) is 3.82. The van der Waals surface area contributed by atoms with Crippen molar-refractivity contribution < 1.29 is 14.1 Å². The Kier molecular flexibility index (Phi) is 3.67. The van der Waals surface area contributed by atoms with Gasteiger partial charge < -0.3 is 5.32 Å². The molecule has 1 N–H and O–H groups in total. The van der Waals surface area contributed by atoms with Crippen molar-refractivity contribution in [2.75, 3.05) is 5.32 Å². The molecule has 0 fully saturated rings. The predicted molar refractivity (Wildman–Crippen MR) is 82.2 cm³/mol. The van der Waals surface area contributed by atoms with Crippen LogP contribution in [-0.4, -0.2) is 20.7 Å². The molecule has 0 saturated carbocycles. The number of non-ortho nitro benzene ring substituents is 1. The maximum Gasteiger partial charge on any atom is 0.347 e. The quantitative estimate of drug-likeness (QED) is 0.570. The molecule has 0 aliphatic heterocycles. The highest BCUT2D eigenvalue weighted by Gasteiger charge is 2.18. The van der Waals surface area contributed by atoms with Gasteiger partial charge in [0.1, 0.15) is 5.82 Å². The van der Waals surface area contributed by atoms with E-state index in [0.717, 1.165) is 4.68 Å². The van der Waals surface area contributed by atoms with E-state index < -0.39 is 16.8 Å². The molecular weight excluding hydrogens is 327 g/mol. The Bertz CT molecular complexity index is 941. The second kappa shape index (κ2) is 5.65. The smallest absolute Gasteiger partial charge is 0.303 e. The van der Waals surface area contributed by atoms with Crippen LogP contribution in [-0.2, 0) is 0 Å². The molecule has 0 aliphatic rings. The van der Waals surface area contributed by atoms with Gasteiger partial charge in [0.25, 0.3) is 5.69 Å². The van der Waals surface area contributed by atoms with Crippen LogP contribution >= 0.6 is 11.6 Å². The molecule has 0 radical (unpaired) electrons. The molecule has 0 spiro atoms. The molecule has 0 aliphatic carbocycles. The Labute approximate surface area is 133 Å². The lowest BCUT2D eigenvalue weighted by atomic mass is 10.2. The number of carbonyl (C=O) groups excluding carboxylic acids is 1. The first kappa shape index (κ1) is 14.9. The average Bonchev–Trinajstić information content (AvgIpc) is 2.86. The second-order valence-electron chi connectivity index (χ2n) is 4.57. The fourth-order valence-electron chi connectivity index (χ4n) is 2.06.